The van der Waals surface area contributed by atoms with Gasteiger partial charge in [0.1, 0.15) is 0 Å². The van der Waals surface area contributed by atoms with E-state index in [9.17, 15) is 4.79 Å². The van der Waals surface area contributed by atoms with Crippen LogP contribution >= 0.6 is 12.4 Å². The zero-order chi connectivity index (χ0) is 18.5. The minimum atomic E-state index is 0. The molecule has 0 saturated carbocycles. The third-order valence-electron chi connectivity index (χ3n) is 5.52. The number of nitrogens with zero attached hydrogens (tertiary/aromatic N) is 1. The summed E-state index contributed by atoms with van der Waals surface area (Å²) in [5.41, 5.74) is 3.74. The summed E-state index contributed by atoms with van der Waals surface area (Å²) in [5, 5.41) is 0. The van der Waals surface area contributed by atoms with E-state index in [-0.39, 0.29) is 24.2 Å². The molecule has 1 saturated heterocycles. The van der Waals surface area contributed by atoms with Crippen molar-refractivity contribution >= 4 is 18.2 Å². The van der Waals surface area contributed by atoms with Crippen LogP contribution in [0, 0.1) is 5.92 Å². The van der Waals surface area contributed by atoms with Gasteiger partial charge in [-0.1, -0.05) is 91.0 Å². The van der Waals surface area contributed by atoms with E-state index in [1.165, 1.54) is 16.7 Å². The molecule has 0 aromatic heterocycles. The van der Waals surface area contributed by atoms with Crippen molar-refractivity contribution in [3.05, 3.63) is 108 Å². The largest absolute Gasteiger partial charge is 0.298 e. The van der Waals surface area contributed by atoms with Crippen molar-refractivity contribution in [2.75, 3.05) is 13.1 Å². The minimum absolute atomic E-state index is 0. The number of carbonyl (C=O) groups is 1. The number of hydrogen-bond acceptors (Lipinski definition) is 2. The van der Waals surface area contributed by atoms with Crippen LogP contribution in [0.4, 0.5) is 0 Å². The van der Waals surface area contributed by atoms with Crippen molar-refractivity contribution in [1.29, 1.82) is 0 Å². The van der Waals surface area contributed by atoms with E-state index in [4.69, 9.17) is 0 Å². The molecule has 1 aliphatic heterocycles. The van der Waals surface area contributed by atoms with Crippen molar-refractivity contribution in [3.8, 4) is 0 Å². The van der Waals surface area contributed by atoms with Gasteiger partial charge in [-0.25, -0.2) is 0 Å². The molecule has 0 N–H and O–H groups in total. The van der Waals surface area contributed by atoms with Crippen LogP contribution in [0.15, 0.2) is 91.0 Å². The van der Waals surface area contributed by atoms with Gasteiger partial charge in [0.2, 0.25) is 0 Å². The highest BCUT2D eigenvalue weighted by Gasteiger charge is 2.34. The molecule has 0 aliphatic carbocycles. The Bertz CT molecular complexity index is 827. The van der Waals surface area contributed by atoms with Crippen LogP contribution in [0.2, 0.25) is 0 Å². The molecule has 0 bridgehead atoms. The van der Waals surface area contributed by atoms with Crippen molar-refractivity contribution in [2.24, 2.45) is 5.92 Å². The minimum Gasteiger partial charge on any atom is -0.298 e. The molecule has 3 aromatic carbocycles. The average molecular weight is 392 g/mol. The van der Waals surface area contributed by atoms with Crippen LogP contribution in [0.1, 0.15) is 29.0 Å². The summed E-state index contributed by atoms with van der Waals surface area (Å²) < 4.78 is 0. The zero-order valence-corrected chi connectivity index (χ0v) is 16.7. The second-order valence-corrected chi connectivity index (χ2v) is 7.36. The summed E-state index contributed by atoms with van der Waals surface area (Å²) in [6.45, 7) is 2.35. The van der Waals surface area contributed by atoms with Crippen LogP contribution in [0.25, 0.3) is 0 Å². The van der Waals surface area contributed by atoms with Crippen LogP contribution in [-0.2, 0) is 11.3 Å². The molecule has 1 aliphatic rings. The van der Waals surface area contributed by atoms with Crippen molar-refractivity contribution in [3.63, 3.8) is 0 Å². The number of Topliss-reactive ketones (excluding diaryl/α,β-unsaturated/α-hetero) is 1. The normalized spacial score (nSPS) is 17.3. The maximum absolute atomic E-state index is 13.1. The van der Waals surface area contributed by atoms with Crippen LogP contribution in [0.3, 0.4) is 0 Å². The van der Waals surface area contributed by atoms with Crippen LogP contribution in [-0.4, -0.2) is 23.8 Å². The molecule has 0 amide bonds. The van der Waals surface area contributed by atoms with Gasteiger partial charge >= 0.3 is 0 Å². The second-order valence-electron chi connectivity index (χ2n) is 7.36. The Hall–Kier alpha value is -2.42. The Morgan fingerprint density at radius 3 is 1.79 bits per heavy atom. The first-order valence-corrected chi connectivity index (χ1v) is 9.70. The number of hydrogen-bond donors (Lipinski definition) is 0. The van der Waals surface area contributed by atoms with Crippen molar-refractivity contribution in [2.45, 2.75) is 18.9 Å². The molecule has 2 nitrogen and oxygen atoms in total. The molecule has 3 aromatic rings. The number of benzene rings is 3. The molecule has 144 valence electrons. The molecule has 0 spiro atoms. The molecule has 4 rings (SSSR count). The Kier molecular flexibility index (Phi) is 7.02. The number of halogens is 1. The van der Waals surface area contributed by atoms with Gasteiger partial charge in [-0.3, -0.25) is 9.69 Å². The highest BCUT2D eigenvalue weighted by Crippen LogP contribution is 2.36. The molecule has 1 unspecified atom stereocenters. The standard InChI is InChI=1S/C25H25NO.ClH/c27-24-19-26(18-20-10-4-1-5-11-20)17-16-23(24)25(21-12-6-2-7-13-21)22-14-8-3-9-15-22;/h1-15,23,25H,16-19H2;1H. The van der Waals surface area contributed by atoms with Gasteiger partial charge in [0.25, 0.3) is 0 Å². The van der Waals surface area contributed by atoms with Gasteiger partial charge in [0, 0.05) is 18.4 Å². The fraction of sp³-hybridized carbons (Fsp3) is 0.240. The average Bonchev–Trinajstić information content (AvgIpc) is 2.72. The zero-order valence-electron chi connectivity index (χ0n) is 15.9. The fourth-order valence-electron chi connectivity index (χ4n) is 4.21. The first-order chi connectivity index (χ1) is 13.3. The Balaban J connectivity index is 0.00000225. The van der Waals surface area contributed by atoms with E-state index in [0.717, 1.165) is 19.5 Å². The quantitative estimate of drug-likeness (QED) is 0.585. The highest BCUT2D eigenvalue weighted by atomic mass is 35.5. The number of rotatable bonds is 5. The summed E-state index contributed by atoms with van der Waals surface area (Å²) >= 11 is 0. The predicted octanol–water partition coefficient (Wildman–Crippen LogP) is 5.33. The maximum atomic E-state index is 13.1. The topological polar surface area (TPSA) is 20.3 Å². The van der Waals surface area contributed by atoms with Gasteiger partial charge in [-0.2, -0.15) is 0 Å². The predicted molar refractivity (Wildman–Crippen MR) is 117 cm³/mol. The van der Waals surface area contributed by atoms with Crippen LogP contribution in [0.5, 0.6) is 0 Å². The first-order valence-electron chi connectivity index (χ1n) is 9.70. The Labute approximate surface area is 173 Å². The van der Waals surface area contributed by atoms with Gasteiger partial charge in [-0.05, 0) is 29.7 Å². The SMILES string of the molecule is Cl.O=C1CN(Cc2ccccc2)CCC1C(c1ccccc1)c1ccccc1. The van der Waals surface area contributed by atoms with Crippen LogP contribution < -0.4 is 0 Å². The third-order valence-corrected chi connectivity index (χ3v) is 5.52. The number of carbonyl (C=O) groups excluding carboxylic acids is 1. The summed E-state index contributed by atoms with van der Waals surface area (Å²) in [6, 6.07) is 31.4. The summed E-state index contributed by atoms with van der Waals surface area (Å²) in [5.74, 6) is 0.537. The van der Waals surface area contributed by atoms with Gasteiger partial charge in [0.15, 0.2) is 5.78 Å². The lowest BCUT2D eigenvalue weighted by molar-refractivity contribution is -0.127. The molecule has 3 heteroatoms. The first kappa shape index (κ1) is 20.3. The summed E-state index contributed by atoms with van der Waals surface area (Å²) in [6.07, 6.45) is 0.903. The van der Waals surface area contributed by atoms with Gasteiger partial charge in [0.05, 0.1) is 6.54 Å². The Morgan fingerprint density at radius 1 is 0.786 bits per heavy atom. The molecular weight excluding hydrogens is 366 g/mol. The monoisotopic (exact) mass is 391 g/mol. The van der Waals surface area contributed by atoms with Crippen molar-refractivity contribution in [1.82, 2.24) is 4.90 Å². The fourth-order valence-corrected chi connectivity index (χ4v) is 4.21. The molecule has 1 fully saturated rings. The Morgan fingerprint density at radius 2 is 1.29 bits per heavy atom. The lowest BCUT2D eigenvalue weighted by Crippen LogP contribution is -2.42. The molecule has 28 heavy (non-hydrogen) atoms. The molecule has 1 atom stereocenters. The lowest BCUT2D eigenvalue weighted by Gasteiger charge is -2.35. The van der Waals surface area contributed by atoms with Gasteiger partial charge in [-0.15, -0.1) is 12.4 Å². The van der Waals surface area contributed by atoms with E-state index in [0.29, 0.717) is 12.3 Å². The summed E-state index contributed by atoms with van der Waals surface area (Å²) in [4.78, 5) is 15.4. The third kappa shape index (κ3) is 4.70. The number of ketones is 1. The maximum Gasteiger partial charge on any atom is 0.150 e. The molecule has 0 radical (unpaired) electrons. The number of piperidine rings is 1. The molecular formula is C25H26ClNO. The van der Waals surface area contributed by atoms with Crippen molar-refractivity contribution < 1.29 is 4.79 Å². The highest BCUT2D eigenvalue weighted by molar-refractivity contribution is 5.85. The van der Waals surface area contributed by atoms with E-state index < -0.39 is 0 Å². The smallest absolute Gasteiger partial charge is 0.150 e. The van der Waals surface area contributed by atoms with E-state index in [1.54, 1.807) is 0 Å². The summed E-state index contributed by atoms with van der Waals surface area (Å²) in [7, 11) is 0. The molecule has 1 heterocycles. The van der Waals surface area contributed by atoms with E-state index in [2.05, 4.69) is 77.7 Å². The second kappa shape index (κ2) is 9.68. The van der Waals surface area contributed by atoms with E-state index in [1.807, 2.05) is 18.2 Å². The van der Waals surface area contributed by atoms with E-state index >= 15 is 0 Å². The number of likely N-dealkylation sites (tertiary alicyclic amines) is 1. The van der Waals surface area contributed by atoms with Gasteiger partial charge < -0.3 is 0 Å². The lowest BCUT2D eigenvalue weighted by atomic mass is 9.75.